The lowest BCUT2D eigenvalue weighted by Crippen LogP contribution is -2.41. The van der Waals surface area contributed by atoms with Crippen LogP contribution in [0.3, 0.4) is 0 Å². The van der Waals surface area contributed by atoms with E-state index in [0.29, 0.717) is 10.8 Å². The average Bonchev–Trinajstić information content (AvgIpc) is 2.66. The second-order valence-corrected chi connectivity index (χ2v) is 9.18. The second kappa shape index (κ2) is 10.7. The van der Waals surface area contributed by atoms with Crippen LogP contribution in [0.5, 0.6) is 5.75 Å². The predicted octanol–water partition coefficient (Wildman–Crippen LogP) is 3.91. The molecular weight excluding hydrogens is 435 g/mol. The Balaban J connectivity index is 1.87. The molecule has 0 bridgehead atoms. The van der Waals surface area contributed by atoms with E-state index in [1.54, 1.807) is 0 Å². The Hall–Kier alpha value is -1.96. The highest BCUT2D eigenvalue weighted by atomic mass is 35.5. The van der Waals surface area contributed by atoms with Crippen molar-refractivity contribution in [1.82, 2.24) is 5.32 Å². The number of nitrogens with one attached hydrogen (secondary N) is 1. The summed E-state index contributed by atoms with van der Waals surface area (Å²) in [6.45, 7) is 2.26. The zero-order valence-corrected chi connectivity index (χ0v) is 18.6. The maximum atomic E-state index is 12.2. The van der Waals surface area contributed by atoms with Gasteiger partial charge in [-0.2, -0.15) is 0 Å². The number of anilines is 1. The molecule has 158 valence electrons. The molecule has 2 rings (SSSR count). The summed E-state index contributed by atoms with van der Waals surface area (Å²) >= 11 is 11.8. The third-order valence-corrected chi connectivity index (χ3v) is 5.91. The van der Waals surface area contributed by atoms with E-state index in [2.05, 4.69) is 12.2 Å². The minimum Gasteiger partial charge on any atom is -0.492 e. The number of rotatable bonds is 10. The molecule has 29 heavy (non-hydrogen) atoms. The highest BCUT2D eigenvalue weighted by molar-refractivity contribution is 7.92. The molecular formula is C20H24Cl2N2O4S. The summed E-state index contributed by atoms with van der Waals surface area (Å²) in [6, 6.07) is 12.2. The van der Waals surface area contributed by atoms with Crippen molar-refractivity contribution in [3.05, 3.63) is 58.1 Å². The summed E-state index contributed by atoms with van der Waals surface area (Å²) in [5, 5.41) is 3.16. The van der Waals surface area contributed by atoms with E-state index in [1.165, 1.54) is 23.8 Å². The number of hydrogen-bond donors (Lipinski definition) is 1. The van der Waals surface area contributed by atoms with Gasteiger partial charge in [-0.1, -0.05) is 48.7 Å². The van der Waals surface area contributed by atoms with Gasteiger partial charge in [0.1, 0.15) is 18.9 Å². The number of benzene rings is 2. The van der Waals surface area contributed by atoms with Crippen molar-refractivity contribution in [2.24, 2.45) is 0 Å². The molecule has 0 aliphatic heterocycles. The van der Waals surface area contributed by atoms with Crippen molar-refractivity contribution >= 4 is 44.8 Å². The Labute approximate surface area is 181 Å². The zero-order chi connectivity index (χ0) is 21.4. The highest BCUT2D eigenvalue weighted by Gasteiger charge is 2.21. The third kappa shape index (κ3) is 7.42. The molecule has 1 N–H and O–H groups in total. The summed E-state index contributed by atoms with van der Waals surface area (Å²) in [7, 11) is -3.69. The first-order valence-corrected chi connectivity index (χ1v) is 11.7. The van der Waals surface area contributed by atoms with Gasteiger partial charge in [0.15, 0.2) is 0 Å². The normalized spacial score (nSPS) is 11.2. The summed E-state index contributed by atoms with van der Waals surface area (Å²) in [5.74, 6) is 0.260. The van der Waals surface area contributed by atoms with Gasteiger partial charge in [-0.15, -0.1) is 0 Å². The minimum atomic E-state index is -3.69. The third-order valence-electron chi connectivity index (χ3n) is 4.03. The minimum absolute atomic E-state index is 0.205. The summed E-state index contributed by atoms with van der Waals surface area (Å²) < 4.78 is 30.8. The number of nitrogens with zero attached hydrogens (tertiary/aromatic N) is 1. The van der Waals surface area contributed by atoms with E-state index in [9.17, 15) is 13.2 Å². The lowest BCUT2D eigenvalue weighted by atomic mass is 10.1. The summed E-state index contributed by atoms with van der Waals surface area (Å²) in [5.41, 5.74) is 1.51. The number of halogens is 2. The Morgan fingerprint density at radius 3 is 2.38 bits per heavy atom. The number of hydrogen-bond acceptors (Lipinski definition) is 4. The average molecular weight is 459 g/mol. The quantitative estimate of drug-likeness (QED) is 0.547. The number of amides is 1. The number of carbonyl (C=O) groups is 1. The Kier molecular flexibility index (Phi) is 8.61. The molecule has 0 unspecified atom stereocenters. The van der Waals surface area contributed by atoms with Crippen LogP contribution in [0.25, 0.3) is 0 Å². The van der Waals surface area contributed by atoms with Gasteiger partial charge in [0.05, 0.1) is 28.5 Å². The zero-order valence-electron chi connectivity index (χ0n) is 16.3. The Morgan fingerprint density at radius 1 is 1.10 bits per heavy atom. The molecule has 0 spiro atoms. The largest absolute Gasteiger partial charge is 0.492 e. The molecule has 0 aliphatic rings. The van der Waals surface area contributed by atoms with Crippen LogP contribution >= 0.6 is 23.2 Å². The van der Waals surface area contributed by atoms with Gasteiger partial charge in [0, 0.05) is 0 Å². The van der Waals surface area contributed by atoms with E-state index in [-0.39, 0.29) is 30.4 Å². The van der Waals surface area contributed by atoms with Gasteiger partial charge in [-0.3, -0.25) is 9.10 Å². The van der Waals surface area contributed by atoms with E-state index >= 15 is 0 Å². The van der Waals surface area contributed by atoms with Crippen LogP contribution in [-0.4, -0.2) is 40.3 Å². The highest BCUT2D eigenvalue weighted by Crippen LogP contribution is 2.28. The van der Waals surface area contributed by atoms with Crippen molar-refractivity contribution in [2.75, 3.05) is 30.3 Å². The number of sulfonamides is 1. The standard InChI is InChI=1S/C20H24Cl2N2O4S/c1-3-4-15-5-8-17(9-6-15)28-12-11-23-20(25)14-24(29(2,26)27)16-7-10-18(21)19(22)13-16/h5-10,13H,3-4,11-12,14H2,1-2H3,(H,23,25). The smallest absolute Gasteiger partial charge is 0.240 e. The SMILES string of the molecule is CCCc1ccc(OCCNC(=O)CN(c2ccc(Cl)c(Cl)c2)S(C)(=O)=O)cc1. The fourth-order valence-corrected chi connectivity index (χ4v) is 3.77. The van der Waals surface area contributed by atoms with E-state index < -0.39 is 15.9 Å². The van der Waals surface area contributed by atoms with Crippen LogP contribution in [0, 0.1) is 0 Å². The van der Waals surface area contributed by atoms with Crippen LogP contribution < -0.4 is 14.4 Å². The van der Waals surface area contributed by atoms with Gasteiger partial charge in [-0.25, -0.2) is 8.42 Å². The lowest BCUT2D eigenvalue weighted by molar-refractivity contribution is -0.119. The maximum absolute atomic E-state index is 12.2. The summed E-state index contributed by atoms with van der Waals surface area (Å²) in [4.78, 5) is 12.2. The van der Waals surface area contributed by atoms with Crippen molar-refractivity contribution in [2.45, 2.75) is 19.8 Å². The van der Waals surface area contributed by atoms with Gasteiger partial charge >= 0.3 is 0 Å². The molecule has 2 aromatic carbocycles. The van der Waals surface area contributed by atoms with Crippen LogP contribution in [0.4, 0.5) is 5.69 Å². The van der Waals surface area contributed by atoms with Crippen LogP contribution in [-0.2, 0) is 21.2 Å². The van der Waals surface area contributed by atoms with Gasteiger partial charge in [-0.05, 0) is 42.3 Å². The van der Waals surface area contributed by atoms with Crippen LogP contribution in [0.1, 0.15) is 18.9 Å². The first-order chi connectivity index (χ1) is 13.7. The van der Waals surface area contributed by atoms with E-state index in [1.807, 2.05) is 24.3 Å². The van der Waals surface area contributed by atoms with E-state index in [0.717, 1.165) is 23.4 Å². The first kappa shape index (κ1) is 23.3. The molecule has 0 saturated heterocycles. The number of ether oxygens (including phenoxy) is 1. The molecule has 2 aromatic rings. The molecule has 9 heteroatoms. The van der Waals surface area contributed by atoms with Crippen molar-refractivity contribution < 1.29 is 17.9 Å². The van der Waals surface area contributed by atoms with Crippen LogP contribution in [0.15, 0.2) is 42.5 Å². The van der Waals surface area contributed by atoms with Crippen molar-refractivity contribution in [1.29, 1.82) is 0 Å². The molecule has 0 aromatic heterocycles. The molecule has 0 aliphatic carbocycles. The van der Waals surface area contributed by atoms with Crippen LogP contribution in [0.2, 0.25) is 10.0 Å². The lowest BCUT2D eigenvalue weighted by Gasteiger charge is -2.22. The predicted molar refractivity (Wildman–Crippen MR) is 118 cm³/mol. The van der Waals surface area contributed by atoms with Crippen molar-refractivity contribution in [3.8, 4) is 5.75 Å². The molecule has 6 nitrogen and oxygen atoms in total. The first-order valence-electron chi connectivity index (χ1n) is 9.12. The maximum Gasteiger partial charge on any atom is 0.240 e. The monoisotopic (exact) mass is 458 g/mol. The molecule has 0 saturated carbocycles. The number of carbonyl (C=O) groups excluding carboxylic acids is 1. The number of aryl methyl sites for hydroxylation is 1. The molecule has 1 amide bonds. The van der Waals surface area contributed by atoms with Gasteiger partial charge in [0.2, 0.25) is 15.9 Å². The van der Waals surface area contributed by atoms with E-state index in [4.69, 9.17) is 27.9 Å². The second-order valence-electron chi connectivity index (χ2n) is 6.46. The molecule has 0 radical (unpaired) electrons. The molecule has 0 fully saturated rings. The topological polar surface area (TPSA) is 75.7 Å². The molecule has 0 heterocycles. The Morgan fingerprint density at radius 2 is 1.79 bits per heavy atom. The van der Waals surface area contributed by atoms with Crippen molar-refractivity contribution in [3.63, 3.8) is 0 Å². The van der Waals surface area contributed by atoms with Gasteiger partial charge in [0.25, 0.3) is 0 Å². The fourth-order valence-electron chi connectivity index (χ4n) is 2.63. The molecule has 0 atom stereocenters. The Bertz CT molecular complexity index is 934. The van der Waals surface area contributed by atoms with Gasteiger partial charge < -0.3 is 10.1 Å². The fraction of sp³-hybridized carbons (Fsp3) is 0.350. The summed E-state index contributed by atoms with van der Waals surface area (Å²) in [6.07, 6.45) is 3.12.